The average Bonchev–Trinajstić information content (AvgIpc) is 2.48. The number of hydrogen-bond acceptors (Lipinski definition) is 5. The van der Waals surface area contributed by atoms with Crippen LogP contribution in [0.1, 0.15) is 24.2 Å². The number of benzene rings is 1. The van der Waals surface area contributed by atoms with Gasteiger partial charge in [-0.05, 0) is 32.0 Å². The van der Waals surface area contributed by atoms with Crippen LogP contribution in [0.15, 0.2) is 35.1 Å². The van der Waals surface area contributed by atoms with Gasteiger partial charge in [-0.3, -0.25) is 9.59 Å². The fourth-order valence-corrected chi connectivity index (χ4v) is 1.62. The predicted molar refractivity (Wildman–Crippen MR) is 81.4 cm³/mol. The van der Waals surface area contributed by atoms with Gasteiger partial charge in [-0.1, -0.05) is 0 Å². The number of nitrogens with zero attached hydrogens (tertiary/aromatic N) is 1. The largest absolute Gasteiger partial charge is 0.451 e. The lowest BCUT2D eigenvalue weighted by molar-refractivity contribution is -0.106. The third-order valence-electron chi connectivity index (χ3n) is 2.51. The van der Waals surface area contributed by atoms with Gasteiger partial charge in [-0.25, -0.2) is 4.39 Å². The van der Waals surface area contributed by atoms with Crippen molar-refractivity contribution in [3.8, 4) is 5.75 Å². The minimum atomic E-state index is -0.736. The number of halogens is 1. The Bertz CT molecular complexity index is 612. The van der Waals surface area contributed by atoms with Gasteiger partial charge >= 0.3 is 0 Å². The molecule has 0 radical (unpaired) electrons. The summed E-state index contributed by atoms with van der Waals surface area (Å²) >= 11 is 0. The van der Waals surface area contributed by atoms with E-state index in [0.29, 0.717) is 18.5 Å². The van der Waals surface area contributed by atoms with Crippen molar-refractivity contribution in [2.75, 3.05) is 13.6 Å². The van der Waals surface area contributed by atoms with Crippen LogP contribution < -0.4 is 15.5 Å². The van der Waals surface area contributed by atoms with Crippen LogP contribution in [0.2, 0.25) is 0 Å². The van der Waals surface area contributed by atoms with Crippen LogP contribution in [0.4, 0.5) is 4.39 Å². The average molecular weight is 307 g/mol. The highest BCUT2D eigenvalue weighted by molar-refractivity contribution is 5.96. The zero-order valence-corrected chi connectivity index (χ0v) is 12.6. The highest BCUT2D eigenvalue weighted by Crippen LogP contribution is 2.20. The van der Waals surface area contributed by atoms with Gasteiger partial charge in [0.25, 0.3) is 5.91 Å². The number of hydrazone groups is 1. The maximum absolute atomic E-state index is 13.9. The maximum atomic E-state index is 13.9. The van der Waals surface area contributed by atoms with Gasteiger partial charge in [0.05, 0.1) is 5.71 Å². The quantitative estimate of drug-likeness (QED) is 0.264. The minimum absolute atomic E-state index is 0.0961. The normalized spacial score (nSPS) is 11.8. The molecule has 22 heavy (non-hydrogen) atoms. The van der Waals surface area contributed by atoms with Crippen molar-refractivity contribution in [2.45, 2.75) is 13.8 Å². The predicted octanol–water partition coefficient (Wildman–Crippen LogP) is 1.63. The molecule has 118 valence electrons. The molecule has 0 saturated carbocycles. The lowest BCUT2D eigenvalue weighted by Crippen LogP contribution is -2.22. The number of nitrogens with one attached hydrogen (secondary N) is 2. The standard InChI is InChI=1S/C15H18FN3O3/c1-4-18-15(21)11-5-6-14(13(16)8-11)22-12(9-20)7-10(2)19-17-3/h5-9,17H,4H2,1-3H3,(H,18,21)/b12-7+,19-10-. The second-order valence-electron chi connectivity index (χ2n) is 4.25. The van der Waals surface area contributed by atoms with E-state index in [1.54, 1.807) is 20.9 Å². The Morgan fingerprint density at radius 3 is 2.73 bits per heavy atom. The van der Waals surface area contributed by atoms with Gasteiger partial charge in [0.2, 0.25) is 0 Å². The van der Waals surface area contributed by atoms with Crippen LogP contribution >= 0.6 is 0 Å². The van der Waals surface area contributed by atoms with Crippen LogP contribution in [-0.2, 0) is 4.79 Å². The third-order valence-corrected chi connectivity index (χ3v) is 2.51. The van der Waals surface area contributed by atoms with Gasteiger partial charge < -0.3 is 15.5 Å². The van der Waals surface area contributed by atoms with Crippen LogP contribution in [0.3, 0.4) is 0 Å². The number of allylic oxidation sites excluding steroid dienone is 2. The molecule has 0 aliphatic heterocycles. The van der Waals surface area contributed by atoms with E-state index in [1.807, 2.05) is 0 Å². The lowest BCUT2D eigenvalue weighted by atomic mass is 10.2. The third kappa shape index (κ3) is 5.01. The number of amides is 1. The highest BCUT2D eigenvalue weighted by atomic mass is 19.1. The molecule has 0 saturated heterocycles. The van der Waals surface area contributed by atoms with Crippen LogP contribution in [0.5, 0.6) is 5.75 Å². The van der Waals surface area contributed by atoms with Crippen molar-refractivity contribution >= 4 is 17.9 Å². The van der Waals surface area contributed by atoms with Crippen LogP contribution in [0.25, 0.3) is 0 Å². The summed E-state index contributed by atoms with van der Waals surface area (Å²) in [6.45, 7) is 3.86. The van der Waals surface area contributed by atoms with Crippen LogP contribution in [-0.4, -0.2) is 31.5 Å². The molecule has 0 spiro atoms. The Hall–Kier alpha value is -2.70. The number of aldehydes is 1. The van der Waals surface area contributed by atoms with E-state index in [2.05, 4.69) is 15.8 Å². The Morgan fingerprint density at radius 2 is 2.18 bits per heavy atom. The van der Waals surface area contributed by atoms with E-state index in [1.165, 1.54) is 18.2 Å². The maximum Gasteiger partial charge on any atom is 0.251 e. The zero-order valence-electron chi connectivity index (χ0n) is 12.6. The molecule has 1 amide bonds. The molecule has 0 bridgehead atoms. The van der Waals surface area contributed by atoms with Gasteiger partial charge in [-0.2, -0.15) is 5.10 Å². The molecule has 7 heteroatoms. The van der Waals surface area contributed by atoms with Gasteiger partial charge in [0, 0.05) is 25.2 Å². The highest BCUT2D eigenvalue weighted by Gasteiger charge is 2.11. The summed E-state index contributed by atoms with van der Waals surface area (Å²) < 4.78 is 19.1. The molecule has 0 unspecified atom stereocenters. The minimum Gasteiger partial charge on any atom is -0.451 e. The van der Waals surface area contributed by atoms with E-state index >= 15 is 0 Å². The number of carbonyl (C=O) groups excluding carboxylic acids is 2. The molecule has 0 aromatic heterocycles. The van der Waals surface area contributed by atoms with Crippen LogP contribution in [0, 0.1) is 5.82 Å². The molecule has 1 rings (SSSR count). The molecule has 0 aliphatic carbocycles. The fraction of sp³-hybridized carbons (Fsp3) is 0.267. The summed E-state index contributed by atoms with van der Waals surface area (Å²) in [4.78, 5) is 22.6. The Morgan fingerprint density at radius 1 is 1.45 bits per heavy atom. The molecule has 1 aromatic carbocycles. The Labute approximate surface area is 128 Å². The second-order valence-corrected chi connectivity index (χ2v) is 4.25. The zero-order chi connectivity index (χ0) is 16.5. The first-order chi connectivity index (χ1) is 10.5. The number of carbonyl (C=O) groups is 2. The first kappa shape index (κ1) is 17.4. The van der Waals surface area contributed by atoms with Gasteiger partial charge in [0.15, 0.2) is 23.6 Å². The number of hydrogen-bond donors (Lipinski definition) is 2. The fourth-order valence-electron chi connectivity index (χ4n) is 1.62. The lowest BCUT2D eigenvalue weighted by Gasteiger charge is -2.08. The molecule has 0 aliphatic rings. The van der Waals surface area contributed by atoms with Crippen molar-refractivity contribution in [1.82, 2.24) is 10.7 Å². The summed E-state index contributed by atoms with van der Waals surface area (Å²) in [5, 5.41) is 6.40. The number of ether oxygens (including phenoxy) is 1. The molecule has 0 heterocycles. The van der Waals surface area contributed by atoms with Gasteiger partial charge in [0.1, 0.15) is 0 Å². The van der Waals surface area contributed by atoms with Crippen molar-refractivity contribution in [2.24, 2.45) is 5.10 Å². The number of rotatable bonds is 7. The Balaban J connectivity index is 2.96. The van der Waals surface area contributed by atoms with E-state index in [-0.39, 0.29) is 23.0 Å². The topological polar surface area (TPSA) is 79.8 Å². The molecule has 1 aromatic rings. The summed E-state index contributed by atoms with van der Waals surface area (Å²) in [5.41, 5.74) is 3.22. The van der Waals surface area contributed by atoms with E-state index in [0.717, 1.165) is 6.07 Å². The molecule has 6 nitrogen and oxygen atoms in total. The molecule has 2 N–H and O–H groups in total. The SMILES string of the molecule is CCNC(=O)c1ccc(O/C(C=O)=C/C(C)=N\NC)c(F)c1. The molecule has 0 fully saturated rings. The molecular formula is C15H18FN3O3. The first-order valence-electron chi connectivity index (χ1n) is 6.65. The summed E-state index contributed by atoms with van der Waals surface area (Å²) in [7, 11) is 1.61. The van der Waals surface area contributed by atoms with E-state index in [4.69, 9.17) is 4.74 Å². The first-order valence-corrected chi connectivity index (χ1v) is 6.65. The molecular weight excluding hydrogens is 289 g/mol. The van der Waals surface area contributed by atoms with E-state index in [9.17, 15) is 14.0 Å². The molecule has 0 atom stereocenters. The summed E-state index contributed by atoms with van der Waals surface area (Å²) in [5.74, 6) is -1.36. The summed E-state index contributed by atoms with van der Waals surface area (Å²) in [6, 6.07) is 3.76. The van der Waals surface area contributed by atoms with Crippen molar-refractivity contribution in [1.29, 1.82) is 0 Å². The second kappa shape index (κ2) is 8.56. The van der Waals surface area contributed by atoms with Crippen molar-refractivity contribution in [3.05, 3.63) is 41.4 Å². The monoisotopic (exact) mass is 307 g/mol. The summed E-state index contributed by atoms with van der Waals surface area (Å²) in [6.07, 6.45) is 1.81. The van der Waals surface area contributed by atoms with Crippen molar-refractivity contribution < 1.29 is 18.7 Å². The Kier molecular flexibility index (Phi) is 6.75. The smallest absolute Gasteiger partial charge is 0.251 e. The van der Waals surface area contributed by atoms with Gasteiger partial charge in [-0.15, -0.1) is 0 Å². The van der Waals surface area contributed by atoms with Crippen molar-refractivity contribution in [3.63, 3.8) is 0 Å². The van der Waals surface area contributed by atoms with E-state index < -0.39 is 5.82 Å².